The number of nitrogens with two attached hydrogens (primary N) is 1. The summed E-state index contributed by atoms with van der Waals surface area (Å²) in [6.45, 7) is 0. The van der Waals surface area contributed by atoms with Crippen LogP contribution in [0.25, 0.3) is 22.0 Å². The van der Waals surface area contributed by atoms with Gasteiger partial charge in [0.1, 0.15) is 11.6 Å². The number of aromatic amines is 2. The van der Waals surface area contributed by atoms with Crippen molar-refractivity contribution < 1.29 is 4.39 Å². The molecule has 1 aliphatic heterocycles. The first kappa shape index (κ1) is 17.3. The standard InChI is InChI=1S/C24H23FN6/c25-17-8-18-16(10-27-30-18)21-19-13-5-6-14(7-13)20(19)22(29-23(17)21)12-3-1-11(2-4-12)15-9-28-31-24(15)26/h1-4,8-10,13-14,19-20,22,29H,5-7H2,(H,27,30)(H3,26,28,31). The smallest absolute Gasteiger partial charge is 0.148 e. The van der Waals surface area contributed by atoms with Crippen molar-refractivity contribution in [1.29, 1.82) is 0 Å². The lowest BCUT2D eigenvalue weighted by Gasteiger charge is -2.44. The summed E-state index contributed by atoms with van der Waals surface area (Å²) in [6.07, 6.45) is 7.37. The highest BCUT2D eigenvalue weighted by Crippen LogP contribution is 2.64. The lowest BCUT2D eigenvalue weighted by atomic mass is 9.67. The lowest BCUT2D eigenvalue weighted by Crippen LogP contribution is -2.36. The third-order valence-electron chi connectivity index (χ3n) is 7.99. The number of nitrogens with zero attached hydrogens (tertiary/aromatic N) is 2. The Morgan fingerprint density at radius 1 is 1.00 bits per heavy atom. The zero-order valence-corrected chi connectivity index (χ0v) is 16.9. The number of aromatic nitrogens is 4. The summed E-state index contributed by atoms with van der Waals surface area (Å²) in [6, 6.07) is 10.2. The normalized spacial score (nSPS) is 28.5. The third-order valence-corrected chi connectivity index (χ3v) is 7.99. The van der Waals surface area contributed by atoms with Gasteiger partial charge in [-0.3, -0.25) is 10.2 Å². The average Bonchev–Trinajstić information content (AvgIpc) is 3.58. The molecule has 31 heavy (non-hydrogen) atoms. The van der Waals surface area contributed by atoms with Crippen LogP contribution in [0.15, 0.2) is 42.7 Å². The van der Waals surface area contributed by atoms with Gasteiger partial charge in [0.05, 0.1) is 29.6 Å². The van der Waals surface area contributed by atoms with Gasteiger partial charge in [0.15, 0.2) is 0 Å². The average molecular weight is 414 g/mol. The highest BCUT2D eigenvalue weighted by atomic mass is 19.1. The van der Waals surface area contributed by atoms with Gasteiger partial charge in [0, 0.05) is 17.0 Å². The zero-order valence-electron chi connectivity index (χ0n) is 16.9. The van der Waals surface area contributed by atoms with E-state index in [0.717, 1.165) is 27.6 Å². The van der Waals surface area contributed by atoms with Crippen LogP contribution in [0.5, 0.6) is 0 Å². The third kappa shape index (κ3) is 2.31. The molecule has 5 atom stereocenters. The van der Waals surface area contributed by atoms with Crippen LogP contribution in [-0.4, -0.2) is 20.4 Å². The first-order valence-electron chi connectivity index (χ1n) is 11.0. The van der Waals surface area contributed by atoms with Crippen LogP contribution in [0.1, 0.15) is 42.3 Å². The fraction of sp³-hybridized carbons (Fsp3) is 0.333. The Morgan fingerprint density at radius 3 is 2.61 bits per heavy atom. The fourth-order valence-corrected chi connectivity index (χ4v) is 6.77. The SMILES string of the molecule is Nc1[nH]ncc1-c1ccc(C2Nc3c(F)cc4[nH]ncc4c3C3C4CCC(C4)C23)cc1. The van der Waals surface area contributed by atoms with Crippen molar-refractivity contribution in [1.82, 2.24) is 20.4 Å². The summed E-state index contributed by atoms with van der Waals surface area (Å²) >= 11 is 0. The molecule has 2 saturated carbocycles. The van der Waals surface area contributed by atoms with E-state index in [1.807, 2.05) is 6.20 Å². The van der Waals surface area contributed by atoms with Gasteiger partial charge in [-0.15, -0.1) is 0 Å². The number of hydrogen-bond acceptors (Lipinski definition) is 4. The summed E-state index contributed by atoms with van der Waals surface area (Å²) in [4.78, 5) is 0. The van der Waals surface area contributed by atoms with Crippen LogP contribution in [0.4, 0.5) is 15.9 Å². The second-order valence-corrected chi connectivity index (χ2v) is 9.36. The molecule has 5 unspecified atom stereocenters. The summed E-state index contributed by atoms with van der Waals surface area (Å²) in [7, 11) is 0. The van der Waals surface area contributed by atoms with Gasteiger partial charge in [-0.1, -0.05) is 24.3 Å². The number of rotatable bonds is 2. The Balaban J connectivity index is 1.36. The van der Waals surface area contributed by atoms with Gasteiger partial charge in [0.25, 0.3) is 0 Å². The number of fused-ring (bicyclic) bond motifs is 9. The molecule has 0 amide bonds. The molecule has 0 saturated heterocycles. The van der Waals surface area contributed by atoms with Crippen LogP contribution in [0, 0.1) is 23.6 Å². The molecule has 2 bridgehead atoms. The summed E-state index contributed by atoms with van der Waals surface area (Å²) in [5, 5.41) is 18.7. The van der Waals surface area contributed by atoms with E-state index in [4.69, 9.17) is 5.73 Å². The Morgan fingerprint density at radius 2 is 1.81 bits per heavy atom. The van der Waals surface area contributed by atoms with Gasteiger partial charge in [-0.25, -0.2) is 4.39 Å². The molecule has 2 aromatic carbocycles. The number of hydrogen-bond donors (Lipinski definition) is 4. The predicted octanol–water partition coefficient (Wildman–Crippen LogP) is 4.97. The molecule has 6 nitrogen and oxygen atoms in total. The summed E-state index contributed by atoms with van der Waals surface area (Å²) in [5.74, 6) is 2.52. The number of nitrogens with one attached hydrogen (secondary N) is 3. The van der Waals surface area contributed by atoms with Crippen molar-refractivity contribution >= 4 is 22.4 Å². The van der Waals surface area contributed by atoms with E-state index < -0.39 is 0 Å². The number of nitrogen functional groups attached to an aromatic ring is 1. The summed E-state index contributed by atoms with van der Waals surface area (Å²) < 4.78 is 15.2. The first-order chi connectivity index (χ1) is 15.2. The second kappa shape index (κ2) is 6.09. The first-order valence-corrected chi connectivity index (χ1v) is 11.0. The van der Waals surface area contributed by atoms with Crippen LogP contribution in [0.3, 0.4) is 0 Å². The maximum atomic E-state index is 15.2. The van der Waals surface area contributed by atoms with Crippen molar-refractivity contribution in [3.63, 3.8) is 0 Å². The van der Waals surface area contributed by atoms with E-state index in [1.54, 1.807) is 12.3 Å². The largest absolute Gasteiger partial charge is 0.384 e. The number of benzene rings is 2. The monoisotopic (exact) mass is 414 g/mol. The fourth-order valence-electron chi connectivity index (χ4n) is 6.77. The number of anilines is 2. The zero-order chi connectivity index (χ0) is 20.7. The van der Waals surface area contributed by atoms with Gasteiger partial charge in [-0.05, 0) is 59.6 Å². The van der Waals surface area contributed by atoms with Crippen LogP contribution in [-0.2, 0) is 0 Å². The molecule has 2 fully saturated rings. The van der Waals surface area contributed by atoms with Crippen molar-refractivity contribution in [2.45, 2.75) is 31.2 Å². The molecule has 2 aliphatic carbocycles. The molecule has 3 aliphatic rings. The predicted molar refractivity (Wildman–Crippen MR) is 118 cm³/mol. The van der Waals surface area contributed by atoms with Crippen molar-refractivity contribution in [3.8, 4) is 11.1 Å². The van der Waals surface area contributed by atoms with Gasteiger partial charge in [-0.2, -0.15) is 10.2 Å². The minimum Gasteiger partial charge on any atom is -0.384 e. The quantitative estimate of drug-likeness (QED) is 0.372. The van der Waals surface area contributed by atoms with E-state index in [0.29, 0.717) is 35.2 Å². The number of halogens is 1. The van der Waals surface area contributed by atoms with Gasteiger partial charge < -0.3 is 11.1 Å². The molecule has 7 rings (SSSR count). The van der Waals surface area contributed by atoms with Gasteiger partial charge >= 0.3 is 0 Å². The maximum absolute atomic E-state index is 15.2. The highest BCUT2D eigenvalue weighted by molar-refractivity contribution is 5.89. The highest BCUT2D eigenvalue weighted by Gasteiger charge is 2.54. The topological polar surface area (TPSA) is 95.4 Å². The Hall–Kier alpha value is -3.35. The molecule has 5 N–H and O–H groups in total. The van der Waals surface area contributed by atoms with Crippen LogP contribution >= 0.6 is 0 Å². The molecule has 2 aromatic heterocycles. The molecule has 7 heteroatoms. The molecule has 4 aromatic rings. The minimum absolute atomic E-state index is 0.0994. The van der Waals surface area contributed by atoms with E-state index >= 15 is 4.39 Å². The van der Waals surface area contributed by atoms with E-state index in [1.165, 1.54) is 24.8 Å². The van der Waals surface area contributed by atoms with E-state index in [2.05, 4.69) is 50.0 Å². The Labute approximate surface area is 178 Å². The van der Waals surface area contributed by atoms with Gasteiger partial charge in [0.2, 0.25) is 0 Å². The summed E-state index contributed by atoms with van der Waals surface area (Å²) in [5.41, 5.74) is 11.7. The van der Waals surface area contributed by atoms with E-state index in [-0.39, 0.29) is 11.9 Å². The van der Waals surface area contributed by atoms with E-state index in [9.17, 15) is 0 Å². The molecule has 3 heterocycles. The van der Waals surface area contributed by atoms with Crippen LogP contribution < -0.4 is 11.1 Å². The van der Waals surface area contributed by atoms with Crippen molar-refractivity contribution in [3.05, 3.63) is 59.7 Å². The maximum Gasteiger partial charge on any atom is 0.148 e. The second-order valence-electron chi connectivity index (χ2n) is 9.36. The molecule has 0 radical (unpaired) electrons. The molecular weight excluding hydrogens is 391 g/mol. The Bertz CT molecular complexity index is 1310. The minimum atomic E-state index is -0.194. The molecule has 0 spiro atoms. The molecular formula is C24H23FN6. The molecule has 156 valence electrons. The Kier molecular flexibility index (Phi) is 3.41. The van der Waals surface area contributed by atoms with Crippen molar-refractivity contribution in [2.75, 3.05) is 11.1 Å². The van der Waals surface area contributed by atoms with Crippen molar-refractivity contribution in [2.24, 2.45) is 17.8 Å². The van der Waals surface area contributed by atoms with Crippen LogP contribution in [0.2, 0.25) is 0 Å². The lowest BCUT2D eigenvalue weighted by molar-refractivity contribution is 0.247. The number of H-pyrrole nitrogens is 2.